The standard InChI is InChI=1S/C47H31N3/c48-31-32-18-24-39(25-19-32)50(38-14-5-2-6-15-38)45-29-23-35-21-27-42-40(26-20-34-22-28-43(45)47(35)46(34)42)36-12-9-13-37(30-36)49-44-17-8-7-16-41(44)33-10-3-1-4-11-33/h1-30,49H. The van der Waals surface area contributed by atoms with Crippen LogP contribution in [0.25, 0.3) is 54.6 Å². The van der Waals surface area contributed by atoms with E-state index in [4.69, 9.17) is 0 Å². The zero-order valence-corrected chi connectivity index (χ0v) is 27.2. The molecule has 9 aromatic carbocycles. The molecule has 0 bridgehead atoms. The molecule has 3 nitrogen and oxygen atoms in total. The molecule has 0 aromatic heterocycles. The van der Waals surface area contributed by atoms with Crippen LogP contribution in [-0.2, 0) is 0 Å². The van der Waals surface area contributed by atoms with Crippen molar-refractivity contribution >= 4 is 60.8 Å². The second-order valence-electron chi connectivity index (χ2n) is 12.6. The fraction of sp³-hybridized carbons (Fsp3) is 0. The molecular weight excluding hydrogens is 607 g/mol. The van der Waals surface area contributed by atoms with E-state index in [0.29, 0.717) is 5.56 Å². The number of nitrogens with zero attached hydrogens (tertiary/aromatic N) is 2. The van der Waals surface area contributed by atoms with E-state index in [1.165, 1.54) is 49.0 Å². The Hall–Kier alpha value is -6.89. The summed E-state index contributed by atoms with van der Waals surface area (Å²) in [5, 5.41) is 20.5. The number of rotatable bonds is 7. The molecule has 0 saturated carbocycles. The first kappa shape index (κ1) is 29.3. The van der Waals surface area contributed by atoms with Crippen LogP contribution in [0.15, 0.2) is 182 Å². The largest absolute Gasteiger partial charge is 0.355 e. The fourth-order valence-corrected chi connectivity index (χ4v) is 7.30. The van der Waals surface area contributed by atoms with Crippen LogP contribution in [0.2, 0.25) is 0 Å². The average molecular weight is 638 g/mol. The van der Waals surface area contributed by atoms with Crippen molar-refractivity contribution in [3.8, 4) is 28.3 Å². The highest BCUT2D eigenvalue weighted by atomic mass is 15.1. The molecule has 234 valence electrons. The molecule has 0 aliphatic rings. The Bertz CT molecular complexity index is 2670. The molecule has 0 unspecified atom stereocenters. The molecular formula is C47H31N3. The van der Waals surface area contributed by atoms with E-state index in [2.05, 4.69) is 168 Å². The maximum atomic E-state index is 9.47. The van der Waals surface area contributed by atoms with Crippen LogP contribution >= 0.6 is 0 Å². The van der Waals surface area contributed by atoms with Crippen LogP contribution in [0.5, 0.6) is 0 Å². The highest BCUT2D eigenvalue weighted by Gasteiger charge is 2.19. The number of nitrogens with one attached hydrogen (secondary N) is 1. The lowest BCUT2D eigenvalue weighted by Crippen LogP contribution is -2.10. The second kappa shape index (κ2) is 12.3. The van der Waals surface area contributed by atoms with Crippen LogP contribution < -0.4 is 10.2 Å². The molecule has 0 fully saturated rings. The van der Waals surface area contributed by atoms with Gasteiger partial charge in [-0.15, -0.1) is 0 Å². The Labute approximate surface area is 291 Å². The monoisotopic (exact) mass is 637 g/mol. The molecule has 1 N–H and O–H groups in total. The quantitative estimate of drug-likeness (QED) is 0.177. The average Bonchev–Trinajstić information content (AvgIpc) is 3.19. The normalized spacial score (nSPS) is 11.2. The first-order chi connectivity index (χ1) is 24.7. The van der Waals surface area contributed by atoms with Gasteiger partial charge in [0.1, 0.15) is 0 Å². The van der Waals surface area contributed by atoms with Crippen molar-refractivity contribution in [1.82, 2.24) is 0 Å². The summed E-state index contributed by atoms with van der Waals surface area (Å²) in [6, 6.07) is 66.2. The van der Waals surface area contributed by atoms with E-state index in [-0.39, 0.29) is 0 Å². The van der Waals surface area contributed by atoms with E-state index in [0.717, 1.165) is 34.0 Å². The Balaban J connectivity index is 1.18. The third-order valence-electron chi connectivity index (χ3n) is 9.62. The van der Waals surface area contributed by atoms with E-state index in [1.54, 1.807) is 0 Å². The van der Waals surface area contributed by atoms with Crippen LogP contribution in [-0.4, -0.2) is 0 Å². The third-order valence-corrected chi connectivity index (χ3v) is 9.62. The molecule has 0 aliphatic heterocycles. The molecule has 0 amide bonds. The van der Waals surface area contributed by atoms with Crippen molar-refractivity contribution in [2.75, 3.05) is 10.2 Å². The van der Waals surface area contributed by atoms with Gasteiger partial charge in [-0.2, -0.15) is 5.26 Å². The first-order valence-electron chi connectivity index (χ1n) is 16.8. The fourth-order valence-electron chi connectivity index (χ4n) is 7.30. The van der Waals surface area contributed by atoms with E-state index < -0.39 is 0 Å². The van der Waals surface area contributed by atoms with Crippen LogP contribution in [0.3, 0.4) is 0 Å². The van der Waals surface area contributed by atoms with Crippen LogP contribution in [0.1, 0.15) is 5.56 Å². The summed E-state index contributed by atoms with van der Waals surface area (Å²) in [6.07, 6.45) is 0. The van der Waals surface area contributed by atoms with Gasteiger partial charge in [-0.05, 0) is 104 Å². The molecule has 0 heterocycles. The summed E-state index contributed by atoms with van der Waals surface area (Å²) in [5.74, 6) is 0. The maximum absolute atomic E-state index is 9.47. The number of hydrogen-bond donors (Lipinski definition) is 1. The number of hydrogen-bond acceptors (Lipinski definition) is 3. The number of anilines is 5. The maximum Gasteiger partial charge on any atom is 0.0991 e. The Morgan fingerprint density at radius 3 is 1.86 bits per heavy atom. The highest BCUT2D eigenvalue weighted by Crippen LogP contribution is 2.45. The summed E-state index contributed by atoms with van der Waals surface area (Å²) in [6.45, 7) is 0. The van der Waals surface area contributed by atoms with Gasteiger partial charge in [0.15, 0.2) is 0 Å². The summed E-state index contributed by atoms with van der Waals surface area (Å²) in [7, 11) is 0. The van der Waals surface area contributed by atoms with Gasteiger partial charge in [-0.3, -0.25) is 0 Å². The van der Waals surface area contributed by atoms with Crippen molar-refractivity contribution in [3.63, 3.8) is 0 Å². The first-order valence-corrected chi connectivity index (χ1v) is 16.8. The Morgan fingerprint density at radius 2 is 1.08 bits per heavy atom. The van der Waals surface area contributed by atoms with Crippen molar-refractivity contribution < 1.29 is 0 Å². The molecule has 0 atom stereocenters. The topological polar surface area (TPSA) is 39.1 Å². The third kappa shape index (κ3) is 5.08. The molecule has 0 saturated heterocycles. The highest BCUT2D eigenvalue weighted by molar-refractivity contribution is 6.27. The molecule has 50 heavy (non-hydrogen) atoms. The van der Waals surface area contributed by atoms with Crippen molar-refractivity contribution in [1.29, 1.82) is 5.26 Å². The summed E-state index contributed by atoms with van der Waals surface area (Å²) in [4.78, 5) is 2.29. The summed E-state index contributed by atoms with van der Waals surface area (Å²) in [5.41, 5.74) is 10.6. The Morgan fingerprint density at radius 1 is 0.460 bits per heavy atom. The van der Waals surface area contributed by atoms with E-state index in [1.807, 2.05) is 30.3 Å². The van der Waals surface area contributed by atoms with E-state index >= 15 is 0 Å². The Kier molecular flexibility index (Phi) is 7.19. The molecule has 0 aliphatic carbocycles. The minimum Gasteiger partial charge on any atom is -0.355 e. The summed E-state index contributed by atoms with van der Waals surface area (Å²) < 4.78 is 0. The van der Waals surface area contributed by atoms with Gasteiger partial charge < -0.3 is 10.2 Å². The smallest absolute Gasteiger partial charge is 0.0991 e. The minimum atomic E-state index is 0.643. The molecule has 3 heteroatoms. The molecule has 9 aromatic rings. The SMILES string of the molecule is N#Cc1ccc(N(c2ccccc2)c2ccc3ccc4c(-c5cccc(Nc6ccccc6-c6ccccc6)c5)ccc5ccc2c3c54)cc1. The van der Waals surface area contributed by atoms with Gasteiger partial charge >= 0.3 is 0 Å². The van der Waals surface area contributed by atoms with Crippen LogP contribution in [0.4, 0.5) is 28.4 Å². The molecule has 0 spiro atoms. The molecule has 9 rings (SSSR count). The lowest BCUT2D eigenvalue weighted by atomic mass is 9.89. The van der Waals surface area contributed by atoms with Crippen LogP contribution in [0, 0.1) is 11.3 Å². The summed E-state index contributed by atoms with van der Waals surface area (Å²) >= 11 is 0. The lowest BCUT2D eigenvalue weighted by Gasteiger charge is -2.27. The number of benzene rings is 9. The van der Waals surface area contributed by atoms with E-state index in [9.17, 15) is 5.26 Å². The zero-order valence-electron chi connectivity index (χ0n) is 27.2. The molecule has 0 radical (unpaired) electrons. The van der Waals surface area contributed by atoms with Gasteiger partial charge in [0.2, 0.25) is 0 Å². The minimum absolute atomic E-state index is 0.643. The van der Waals surface area contributed by atoms with Gasteiger partial charge in [0, 0.05) is 33.7 Å². The van der Waals surface area contributed by atoms with Crippen molar-refractivity contribution in [2.24, 2.45) is 0 Å². The van der Waals surface area contributed by atoms with Crippen molar-refractivity contribution in [3.05, 3.63) is 188 Å². The predicted molar refractivity (Wildman–Crippen MR) is 210 cm³/mol. The predicted octanol–water partition coefficient (Wildman–Crippen LogP) is 13.0. The van der Waals surface area contributed by atoms with Gasteiger partial charge in [-0.25, -0.2) is 0 Å². The zero-order chi connectivity index (χ0) is 33.4. The van der Waals surface area contributed by atoms with Gasteiger partial charge in [0.05, 0.1) is 17.3 Å². The van der Waals surface area contributed by atoms with Gasteiger partial charge in [0.25, 0.3) is 0 Å². The lowest BCUT2D eigenvalue weighted by molar-refractivity contribution is 1.30. The van der Waals surface area contributed by atoms with Crippen molar-refractivity contribution in [2.45, 2.75) is 0 Å². The number of nitriles is 1. The second-order valence-corrected chi connectivity index (χ2v) is 12.6. The number of para-hydroxylation sites is 2. The van der Waals surface area contributed by atoms with Gasteiger partial charge in [-0.1, -0.05) is 121 Å².